The third kappa shape index (κ3) is 4.26. The van der Waals surface area contributed by atoms with Crippen molar-refractivity contribution in [3.05, 3.63) is 60.2 Å². The number of rotatable bonds is 5. The van der Waals surface area contributed by atoms with Crippen molar-refractivity contribution in [1.82, 2.24) is 4.90 Å². The molecule has 21 heavy (non-hydrogen) atoms. The van der Waals surface area contributed by atoms with Crippen LogP contribution < -0.4 is 5.73 Å². The van der Waals surface area contributed by atoms with E-state index in [0.717, 1.165) is 16.1 Å². The molecule has 110 valence electrons. The first kappa shape index (κ1) is 15.4. The van der Waals surface area contributed by atoms with Crippen molar-refractivity contribution < 1.29 is 4.79 Å². The number of nitrogens with two attached hydrogens (primary N) is 1. The smallest absolute Gasteiger partial charge is 0.233 e. The third-order valence-corrected chi connectivity index (χ3v) is 4.50. The van der Waals surface area contributed by atoms with Crippen molar-refractivity contribution in [2.24, 2.45) is 0 Å². The zero-order valence-corrected chi connectivity index (χ0v) is 13.1. The van der Waals surface area contributed by atoms with Crippen LogP contribution in [0.1, 0.15) is 18.5 Å². The topological polar surface area (TPSA) is 46.3 Å². The van der Waals surface area contributed by atoms with Gasteiger partial charge in [-0.25, -0.2) is 0 Å². The highest BCUT2D eigenvalue weighted by Crippen LogP contribution is 2.22. The first-order valence-electron chi connectivity index (χ1n) is 6.87. The Kier molecular flexibility index (Phi) is 5.28. The van der Waals surface area contributed by atoms with Gasteiger partial charge in [0.2, 0.25) is 5.91 Å². The van der Waals surface area contributed by atoms with Crippen LogP contribution in [0.3, 0.4) is 0 Å². The van der Waals surface area contributed by atoms with Crippen LogP contribution in [0.4, 0.5) is 5.69 Å². The second kappa shape index (κ2) is 7.18. The van der Waals surface area contributed by atoms with Gasteiger partial charge in [0, 0.05) is 17.6 Å². The minimum absolute atomic E-state index is 0.0747. The van der Waals surface area contributed by atoms with E-state index in [1.54, 1.807) is 4.90 Å². The summed E-state index contributed by atoms with van der Waals surface area (Å²) in [5.74, 6) is 0.547. The molecule has 0 spiro atoms. The fourth-order valence-corrected chi connectivity index (χ4v) is 2.80. The third-order valence-electron chi connectivity index (χ3n) is 3.50. The zero-order chi connectivity index (χ0) is 15.2. The van der Waals surface area contributed by atoms with E-state index in [0.29, 0.717) is 5.75 Å². The monoisotopic (exact) mass is 300 g/mol. The van der Waals surface area contributed by atoms with Gasteiger partial charge in [0.15, 0.2) is 0 Å². The van der Waals surface area contributed by atoms with E-state index < -0.39 is 0 Å². The van der Waals surface area contributed by atoms with Gasteiger partial charge in [-0.05, 0) is 36.8 Å². The SMILES string of the molecule is CC(c1ccccc1)N(C)C(=O)CSc1ccc(N)cc1. The summed E-state index contributed by atoms with van der Waals surface area (Å²) < 4.78 is 0. The van der Waals surface area contributed by atoms with Gasteiger partial charge in [-0.3, -0.25) is 4.79 Å². The van der Waals surface area contributed by atoms with Gasteiger partial charge in [-0.2, -0.15) is 0 Å². The van der Waals surface area contributed by atoms with Crippen LogP contribution in [0.15, 0.2) is 59.5 Å². The van der Waals surface area contributed by atoms with Crippen molar-refractivity contribution in [3.63, 3.8) is 0 Å². The number of thioether (sulfide) groups is 1. The number of amides is 1. The van der Waals surface area contributed by atoms with Gasteiger partial charge in [-0.15, -0.1) is 11.8 Å². The maximum atomic E-state index is 12.3. The minimum Gasteiger partial charge on any atom is -0.399 e. The lowest BCUT2D eigenvalue weighted by Gasteiger charge is -2.25. The van der Waals surface area contributed by atoms with Crippen LogP contribution >= 0.6 is 11.8 Å². The van der Waals surface area contributed by atoms with Gasteiger partial charge in [0.05, 0.1) is 11.8 Å². The van der Waals surface area contributed by atoms with Crippen molar-refractivity contribution in [1.29, 1.82) is 0 Å². The standard InChI is InChI=1S/C17H20N2OS/c1-13(14-6-4-3-5-7-14)19(2)17(20)12-21-16-10-8-15(18)9-11-16/h3-11,13H,12,18H2,1-2H3. The molecule has 0 aromatic heterocycles. The minimum atomic E-state index is 0.0747. The molecule has 0 saturated carbocycles. The van der Waals surface area contributed by atoms with E-state index in [2.05, 4.69) is 0 Å². The Morgan fingerprint density at radius 2 is 1.76 bits per heavy atom. The fraction of sp³-hybridized carbons (Fsp3) is 0.235. The summed E-state index contributed by atoms with van der Waals surface area (Å²) in [6.07, 6.45) is 0. The van der Waals surface area contributed by atoms with Crippen LogP contribution in [0, 0.1) is 0 Å². The van der Waals surface area contributed by atoms with E-state index >= 15 is 0 Å². The molecule has 0 saturated heterocycles. The molecular weight excluding hydrogens is 280 g/mol. The summed E-state index contributed by atoms with van der Waals surface area (Å²) in [5, 5.41) is 0. The lowest BCUT2D eigenvalue weighted by Crippen LogP contribution is -2.31. The maximum Gasteiger partial charge on any atom is 0.233 e. The number of carbonyl (C=O) groups is 1. The molecule has 2 aromatic rings. The van der Waals surface area contributed by atoms with Gasteiger partial charge in [-0.1, -0.05) is 30.3 Å². The second-order valence-electron chi connectivity index (χ2n) is 4.95. The number of nitrogen functional groups attached to an aromatic ring is 1. The molecule has 0 aliphatic heterocycles. The average molecular weight is 300 g/mol. The molecule has 0 bridgehead atoms. The van der Waals surface area contributed by atoms with Crippen LogP contribution in [0.5, 0.6) is 0 Å². The molecule has 2 rings (SSSR count). The van der Waals surface area contributed by atoms with Gasteiger partial charge < -0.3 is 10.6 Å². The van der Waals surface area contributed by atoms with E-state index in [-0.39, 0.29) is 11.9 Å². The zero-order valence-electron chi connectivity index (χ0n) is 12.3. The Morgan fingerprint density at radius 3 is 2.38 bits per heavy atom. The summed E-state index contributed by atoms with van der Waals surface area (Å²) in [4.78, 5) is 15.1. The van der Waals surface area contributed by atoms with Crippen molar-refractivity contribution in [2.75, 3.05) is 18.5 Å². The number of hydrogen-bond donors (Lipinski definition) is 1. The second-order valence-corrected chi connectivity index (χ2v) is 6.00. The molecule has 2 N–H and O–H groups in total. The number of hydrogen-bond acceptors (Lipinski definition) is 3. The molecule has 0 fully saturated rings. The largest absolute Gasteiger partial charge is 0.399 e. The number of benzene rings is 2. The van der Waals surface area contributed by atoms with Crippen LogP contribution in [0.2, 0.25) is 0 Å². The molecular formula is C17H20N2OS. The summed E-state index contributed by atoms with van der Waals surface area (Å²) in [6, 6.07) is 17.7. The van der Waals surface area contributed by atoms with Crippen molar-refractivity contribution >= 4 is 23.4 Å². The van der Waals surface area contributed by atoms with E-state index in [9.17, 15) is 4.79 Å². The molecule has 3 nitrogen and oxygen atoms in total. The van der Waals surface area contributed by atoms with E-state index in [4.69, 9.17) is 5.73 Å². The number of anilines is 1. The van der Waals surface area contributed by atoms with Crippen LogP contribution in [-0.4, -0.2) is 23.6 Å². The first-order chi connectivity index (χ1) is 10.1. The van der Waals surface area contributed by atoms with Crippen molar-refractivity contribution in [2.45, 2.75) is 17.9 Å². The number of nitrogens with zero attached hydrogens (tertiary/aromatic N) is 1. The molecule has 1 atom stereocenters. The summed E-state index contributed by atoms with van der Waals surface area (Å²) in [6.45, 7) is 2.04. The quantitative estimate of drug-likeness (QED) is 0.678. The maximum absolute atomic E-state index is 12.3. The summed E-state index contributed by atoms with van der Waals surface area (Å²) in [5.41, 5.74) is 7.53. The molecule has 0 aliphatic rings. The molecule has 0 heterocycles. The summed E-state index contributed by atoms with van der Waals surface area (Å²) in [7, 11) is 1.85. The highest BCUT2D eigenvalue weighted by molar-refractivity contribution is 8.00. The van der Waals surface area contributed by atoms with Crippen LogP contribution in [-0.2, 0) is 4.79 Å². The number of carbonyl (C=O) groups excluding carboxylic acids is 1. The molecule has 0 aliphatic carbocycles. The highest BCUT2D eigenvalue weighted by Gasteiger charge is 2.17. The summed E-state index contributed by atoms with van der Waals surface area (Å²) >= 11 is 1.53. The Balaban J connectivity index is 1.92. The average Bonchev–Trinajstić information content (AvgIpc) is 2.53. The van der Waals surface area contributed by atoms with Crippen molar-refractivity contribution in [3.8, 4) is 0 Å². The molecule has 1 amide bonds. The fourth-order valence-electron chi connectivity index (χ4n) is 1.98. The molecule has 2 aromatic carbocycles. The lowest BCUT2D eigenvalue weighted by atomic mass is 10.1. The predicted octanol–water partition coefficient (Wildman–Crippen LogP) is 3.58. The Labute approximate surface area is 130 Å². The lowest BCUT2D eigenvalue weighted by molar-refractivity contribution is -0.128. The highest BCUT2D eigenvalue weighted by atomic mass is 32.2. The normalized spacial score (nSPS) is 11.9. The Morgan fingerprint density at radius 1 is 1.14 bits per heavy atom. The molecule has 0 radical (unpaired) electrons. The van der Waals surface area contributed by atoms with E-state index in [1.807, 2.05) is 68.6 Å². The molecule has 1 unspecified atom stereocenters. The van der Waals surface area contributed by atoms with Gasteiger partial charge >= 0.3 is 0 Å². The van der Waals surface area contributed by atoms with Crippen LogP contribution in [0.25, 0.3) is 0 Å². The Bertz CT molecular complexity index is 583. The first-order valence-corrected chi connectivity index (χ1v) is 7.85. The Hall–Kier alpha value is -1.94. The predicted molar refractivity (Wildman–Crippen MR) is 89.2 cm³/mol. The van der Waals surface area contributed by atoms with Gasteiger partial charge in [0.1, 0.15) is 0 Å². The van der Waals surface area contributed by atoms with Gasteiger partial charge in [0.25, 0.3) is 0 Å². The molecule has 4 heteroatoms. The van der Waals surface area contributed by atoms with E-state index in [1.165, 1.54) is 11.8 Å².